The van der Waals surface area contributed by atoms with Gasteiger partial charge in [-0.05, 0) is 80.4 Å². The lowest BCUT2D eigenvalue weighted by Gasteiger charge is -2.28. The van der Waals surface area contributed by atoms with E-state index >= 15 is 0 Å². The van der Waals surface area contributed by atoms with Gasteiger partial charge in [-0.1, -0.05) is 63.2 Å². The zero-order valence-electron chi connectivity index (χ0n) is 23.1. The predicted octanol–water partition coefficient (Wildman–Crippen LogP) is 9.24. The molecule has 41 heavy (non-hydrogen) atoms. The van der Waals surface area contributed by atoms with E-state index in [9.17, 15) is 0 Å². The molecule has 0 unspecified atom stereocenters. The largest absolute Gasteiger partial charge is 0.310 e. The number of aromatic nitrogens is 4. The molecular weight excluding hydrogens is 502 g/mol. The van der Waals surface area contributed by atoms with Crippen LogP contribution >= 0.6 is 0 Å². The minimum Gasteiger partial charge on any atom is -0.310 e. The summed E-state index contributed by atoms with van der Waals surface area (Å²) < 4.78 is 0. The maximum atomic E-state index is 4.46. The highest BCUT2D eigenvalue weighted by Gasteiger charge is 2.22. The van der Waals surface area contributed by atoms with Gasteiger partial charge in [0, 0.05) is 39.9 Å². The van der Waals surface area contributed by atoms with Gasteiger partial charge in [-0.25, -0.2) is 19.9 Å². The third-order valence-corrected chi connectivity index (χ3v) is 8.18. The lowest BCUT2D eigenvalue weighted by molar-refractivity contribution is 0.596. The van der Waals surface area contributed by atoms with E-state index in [1.54, 1.807) is 12.7 Å². The molecule has 0 spiro atoms. The van der Waals surface area contributed by atoms with Gasteiger partial charge in [-0.15, -0.1) is 0 Å². The normalized spacial score (nSPS) is 12.3. The Bertz CT molecular complexity index is 2190. The smallest absolute Gasteiger partial charge is 0.116 e. The van der Waals surface area contributed by atoms with Crippen molar-refractivity contribution in [2.75, 3.05) is 4.90 Å². The lowest BCUT2D eigenvalue weighted by Crippen LogP contribution is -2.12. The van der Waals surface area contributed by atoms with Crippen LogP contribution in [0.2, 0.25) is 0 Å². The second-order valence-electron chi connectivity index (χ2n) is 11.7. The van der Waals surface area contributed by atoms with E-state index in [2.05, 4.69) is 131 Å². The van der Waals surface area contributed by atoms with E-state index in [1.165, 1.54) is 37.9 Å². The van der Waals surface area contributed by atoms with E-state index in [0.717, 1.165) is 38.9 Å². The Kier molecular flexibility index (Phi) is 5.01. The molecule has 196 valence electrons. The van der Waals surface area contributed by atoms with Crippen molar-refractivity contribution in [1.29, 1.82) is 0 Å². The van der Waals surface area contributed by atoms with Gasteiger partial charge >= 0.3 is 0 Å². The van der Waals surface area contributed by atoms with Gasteiger partial charge < -0.3 is 4.90 Å². The van der Waals surface area contributed by atoms with Crippen molar-refractivity contribution in [3.8, 4) is 0 Å². The molecule has 0 atom stereocenters. The number of benzene rings is 6. The van der Waals surface area contributed by atoms with Gasteiger partial charge in [0.25, 0.3) is 0 Å². The first-order valence-corrected chi connectivity index (χ1v) is 13.9. The minimum atomic E-state index is 0.0392. The average molecular weight is 530 g/mol. The first kappa shape index (κ1) is 23.7. The van der Waals surface area contributed by atoms with Crippen LogP contribution in [0, 0.1) is 0 Å². The van der Waals surface area contributed by atoms with E-state index in [1.807, 2.05) is 12.4 Å². The number of nitrogens with zero attached hydrogens (tertiary/aromatic N) is 5. The van der Waals surface area contributed by atoms with Crippen LogP contribution in [0.1, 0.15) is 26.3 Å². The highest BCUT2D eigenvalue weighted by atomic mass is 15.1. The van der Waals surface area contributed by atoms with Gasteiger partial charge in [-0.2, -0.15) is 0 Å². The molecule has 0 saturated heterocycles. The first-order valence-electron chi connectivity index (χ1n) is 13.9. The maximum Gasteiger partial charge on any atom is 0.116 e. The van der Waals surface area contributed by atoms with Crippen LogP contribution in [-0.4, -0.2) is 19.9 Å². The fourth-order valence-corrected chi connectivity index (χ4v) is 6.28. The van der Waals surface area contributed by atoms with Crippen LogP contribution in [0.3, 0.4) is 0 Å². The third-order valence-electron chi connectivity index (χ3n) is 8.18. The van der Waals surface area contributed by atoms with Crippen molar-refractivity contribution < 1.29 is 0 Å². The molecule has 2 heterocycles. The molecule has 0 aliphatic rings. The van der Waals surface area contributed by atoms with Gasteiger partial charge in [0.15, 0.2) is 0 Å². The summed E-state index contributed by atoms with van der Waals surface area (Å²) in [6, 6.07) is 30.9. The standard InChI is InChI=1S/C36H27N5/c1-36(2,3)30-12-6-22-5-11-29-33(15-7-23-4-10-28(30)34(22)35(23)29)41(26-8-13-31-24(16-26)18-37-20-39-31)27-9-14-32-25(17-27)19-38-21-40-32/h4-21H,1-3H3. The van der Waals surface area contributed by atoms with Crippen molar-refractivity contribution in [2.45, 2.75) is 26.2 Å². The lowest BCUT2D eigenvalue weighted by atomic mass is 9.81. The second kappa shape index (κ2) is 8.67. The average Bonchev–Trinajstić information content (AvgIpc) is 2.99. The van der Waals surface area contributed by atoms with E-state index in [-0.39, 0.29) is 5.41 Å². The quantitative estimate of drug-likeness (QED) is 0.214. The monoisotopic (exact) mass is 529 g/mol. The van der Waals surface area contributed by atoms with Gasteiger partial charge in [0.2, 0.25) is 0 Å². The molecular formula is C36H27N5. The van der Waals surface area contributed by atoms with Crippen molar-refractivity contribution in [1.82, 2.24) is 19.9 Å². The summed E-state index contributed by atoms with van der Waals surface area (Å²) in [7, 11) is 0. The Morgan fingerprint density at radius 2 is 1.07 bits per heavy atom. The highest BCUT2D eigenvalue weighted by molar-refractivity contribution is 6.26. The van der Waals surface area contributed by atoms with Crippen LogP contribution in [0.15, 0.2) is 110 Å². The maximum absolute atomic E-state index is 4.46. The van der Waals surface area contributed by atoms with Crippen molar-refractivity contribution in [2.24, 2.45) is 0 Å². The summed E-state index contributed by atoms with van der Waals surface area (Å²) in [6.07, 6.45) is 6.93. The Hall–Kier alpha value is -5.16. The van der Waals surface area contributed by atoms with E-state index < -0.39 is 0 Å². The molecule has 2 aromatic heterocycles. The molecule has 6 aromatic carbocycles. The van der Waals surface area contributed by atoms with E-state index in [0.29, 0.717) is 0 Å². The number of anilines is 3. The summed E-state index contributed by atoms with van der Waals surface area (Å²) in [5.74, 6) is 0. The van der Waals surface area contributed by atoms with Gasteiger partial charge in [0.1, 0.15) is 12.7 Å². The summed E-state index contributed by atoms with van der Waals surface area (Å²) in [5, 5.41) is 9.64. The zero-order chi connectivity index (χ0) is 27.7. The van der Waals surface area contributed by atoms with Gasteiger partial charge in [-0.3, -0.25) is 0 Å². The number of hydrogen-bond donors (Lipinski definition) is 0. The van der Waals surface area contributed by atoms with Crippen LogP contribution in [0.4, 0.5) is 17.1 Å². The topological polar surface area (TPSA) is 54.8 Å². The second-order valence-corrected chi connectivity index (χ2v) is 11.7. The summed E-state index contributed by atoms with van der Waals surface area (Å²) in [4.78, 5) is 19.8. The Morgan fingerprint density at radius 1 is 0.537 bits per heavy atom. The van der Waals surface area contributed by atoms with Gasteiger partial charge in [0.05, 0.1) is 16.7 Å². The molecule has 0 N–H and O–H groups in total. The minimum absolute atomic E-state index is 0.0392. The molecule has 8 rings (SSSR count). The fourth-order valence-electron chi connectivity index (χ4n) is 6.28. The van der Waals surface area contributed by atoms with Crippen molar-refractivity contribution in [3.63, 3.8) is 0 Å². The Balaban J connectivity index is 1.46. The molecule has 0 bridgehead atoms. The molecule has 0 aliphatic carbocycles. The molecule has 5 heteroatoms. The molecule has 8 aromatic rings. The number of rotatable bonds is 3. The number of fused-ring (bicyclic) bond motifs is 2. The van der Waals surface area contributed by atoms with Crippen LogP contribution < -0.4 is 4.90 Å². The molecule has 0 radical (unpaired) electrons. The van der Waals surface area contributed by atoms with Crippen molar-refractivity contribution >= 4 is 71.2 Å². The molecule has 0 saturated carbocycles. The Morgan fingerprint density at radius 3 is 1.68 bits per heavy atom. The van der Waals surface area contributed by atoms with Crippen LogP contribution in [-0.2, 0) is 5.41 Å². The fraction of sp³-hybridized carbons (Fsp3) is 0.111. The summed E-state index contributed by atoms with van der Waals surface area (Å²) >= 11 is 0. The third kappa shape index (κ3) is 3.70. The first-order chi connectivity index (χ1) is 20.0. The molecule has 0 fully saturated rings. The highest BCUT2D eigenvalue weighted by Crippen LogP contribution is 2.46. The SMILES string of the molecule is CC(C)(C)c1ccc2ccc3c(N(c4ccc5ncncc5c4)c4ccc5ncncc5c4)ccc4ccc1c2c43. The molecule has 0 aliphatic heterocycles. The van der Waals surface area contributed by atoms with E-state index in [4.69, 9.17) is 0 Å². The Labute approximate surface area is 237 Å². The van der Waals surface area contributed by atoms with Crippen LogP contribution in [0.5, 0.6) is 0 Å². The zero-order valence-corrected chi connectivity index (χ0v) is 23.1. The predicted molar refractivity (Wildman–Crippen MR) is 170 cm³/mol. The van der Waals surface area contributed by atoms with Crippen molar-refractivity contribution in [3.05, 3.63) is 116 Å². The summed E-state index contributed by atoms with van der Waals surface area (Å²) in [5.41, 5.74) is 6.42. The number of hydrogen-bond acceptors (Lipinski definition) is 5. The van der Waals surface area contributed by atoms with Crippen LogP contribution in [0.25, 0.3) is 54.1 Å². The molecule has 0 amide bonds. The molecule has 5 nitrogen and oxygen atoms in total. The summed E-state index contributed by atoms with van der Waals surface area (Å²) in [6.45, 7) is 6.87.